The first-order chi connectivity index (χ1) is 5.74. The van der Waals surface area contributed by atoms with Crippen molar-refractivity contribution in [2.45, 2.75) is 32.6 Å². The zero-order valence-electron chi connectivity index (χ0n) is 8.01. The van der Waals surface area contributed by atoms with Gasteiger partial charge in [-0.2, -0.15) is 0 Å². The molecule has 0 nitrogen and oxygen atoms in total. The first-order valence-corrected chi connectivity index (χ1v) is 4.63. The largest absolute Gasteiger partial charge is 0.0654 e. The Balaban J connectivity index is 2.73. The summed E-state index contributed by atoms with van der Waals surface area (Å²) in [5.41, 5.74) is 2.70. The summed E-state index contributed by atoms with van der Waals surface area (Å²) < 4.78 is 0. The quantitative estimate of drug-likeness (QED) is 0.634. The molecular weight excluding hydrogens is 144 g/mol. The van der Waals surface area contributed by atoms with Crippen molar-refractivity contribution in [2.24, 2.45) is 0 Å². The fourth-order valence-electron chi connectivity index (χ4n) is 1.44. The Kier molecular flexibility index (Phi) is 3.33. The Bertz CT molecular complexity index is 238. The van der Waals surface area contributed by atoms with E-state index >= 15 is 0 Å². The van der Waals surface area contributed by atoms with E-state index in [1.807, 2.05) is 0 Å². The predicted molar refractivity (Wildman–Crippen MR) is 54.2 cm³/mol. The summed E-state index contributed by atoms with van der Waals surface area (Å²) in [4.78, 5) is 0. The molecule has 1 radical (unpaired) electrons. The Morgan fingerprint density at radius 3 is 2.75 bits per heavy atom. The minimum Gasteiger partial charge on any atom is -0.0654 e. The van der Waals surface area contributed by atoms with Crippen LogP contribution in [0.2, 0.25) is 0 Å². The third-order valence-electron chi connectivity index (χ3n) is 2.15. The number of benzene rings is 1. The van der Waals surface area contributed by atoms with E-state index in [9.17, 15) is 0 Å². The summed E-state index contributed by atoms with van der Waals surface area (Å²) >= 11 is 0. The van der Waals surface area contributed by atoms with Crippen LogP contribution in [0, 0.1) is 13.8 Å². The molecule has 0 saturated carbocycles. The minimum atomic E-state index is 0.467. The summed E-state index contributed by atoms with van der Waals surface area (Å²) in [5.74, 6) is 0.467. The maximum absolute atomic E-state index is 4.14. The summed E-state index contributed by atoms with van der Waals surface area (Å²) in [5, 5.41) is 0. The standard InChI is InChI=1S/C12H17/c1-4-6-11(3)12-8-5-7-10(2)9-12/h5,7-9,11H,3-4,6H2,1-2H3. The molecule has 0 heterocycles. The highest BCUT2D eigenvalue weighted by molar-refractivity contribution is 5.25. The van der Waals surface area contributed by atoms with Gasteiger partial charge in [-0.1, -0.05) is 43.2 Å². The lowest BCUT2D eigenvalue weighted by Crippen LogP contribution is -1.92. The smallest absolute Gasteiger partial charge is 0.0162 e. The molecule has 0 saturated heterocycles. The second-order valence-corrected chi connectivity index (χ2v) is 3.40. The Morgan fingerprint density at radius 2 is 2.17 bits per heavy atom. The lowest BCUT2D eigenvalue weighted by atomic mass is 9.95. The van der Waals surface area contributed by atoms with Crippen LogP contribution >= 0.6 is 0 Å². The van der Waals surface area contributed by atoms with E-state index in [1.54, 1.807) is 0 Å². The molecular formula is C12H17. The first-order valence-electron chi connectivity index (χ1n) is 4.63. The van der Waals surface area contributed by atoms with E-state index in [0.717, 1.165) is 0 Å². The lowest BCUT2D eigenvalue weighted by molar-refractivity contribution is 0.714. The third kappa shape index (κ3) is 2.37. The number of rotatable bonds is 3. The van der Waals surface area contributed by atoms with Crippen molar-refractivity contribution in [3.05, 3.63) is 42.3 Å². The minimum absolute atomic E-state index is 0.467. The van der Waals surface area contributed by atoms with Gasteiger partial charge in [-0.25, -0.2) is 0 Å². The fraction of sp³-hybridized carbons (Fsp3) is 0.417. The SMILES string of the molecule is [CH2]C(CCC)c1cccc(C)c1. The highest BCUT2D eigenvalue weighted by Crippen LogP contribution is 2.20. The van der Waals surface area contributed by atoms with Gasteiger partial charge in [-0.15, -0.1) is 0 Å². The molecule has 65 valence electrons. The number of hydrogen-bond acceptors (Lipinski definition) is 0. The van der Waals surface area contributed by atoms with Gasteiger partial charge in [-0.05, 0) is 31.7 Å². The molecule has 1 unspecified atom stereocenters. The van der Waals surface area contributed by atoms with E-state index in [0.29, 0.717) is 5.92 Å². The van der Waals surface area contributed by atoms with E-state index in [1.165, 1.54) is 24.0 Å². The molecule has 0 aliphatic rings. The van der Waals surface area contributed by atoms with Crippen LogP contribution in [0.15, 0.2) is 24.3 Å². The third-order valence-corrected chi connectivity index (χ3v) is 2.15. The van der Waals surface area contributed by atoms with E-state index < -0.39 is 0 Å². The van der Waals surface area contributed by atoms with Crippen LogP contribution in [-0.2, 0) is 0 Å². The van der Waals surface area contributed by atoms with Gasteiger partial charge < -0.3 is 0 Å². The monoisotopic (exact) mass is 161 g/mol. The molecule has 1 rings (SSSR count). The van der Waals surface area contributed by atoms with Gasteiger partial charge >= 0.3 is 0 Å². The van der Waals surface area contributed by atoms with E-state index in [2.05, 4.69) is 45.0 Å². The Labute approximate surface area is 75.6 Å². The Hall–Kier alpha value is -0.780. The Morgan fingerprint density at radius 1 is 1.42 bits per heavy atom. The average molecular weight is 161 g/mol. The van der Waals surface area contributed by atoms with Crippen molar-refractivity contribution in [3.63, 3.8) is 0 Å². The molecule has 0 aromatic heterocycles. The molecule has 1 atom stereocenters. The van der Waals surface area contributed by atoms with Crippen LogP contribution in [0.3, 0.4) is 0 Å². The van der Waals surface area contributed by atoms with Gasteiger partial charge in [-0.3, -0.25) is 0 Å². The topological polar surface area (TPSA) is 0 Å². The van der Waals surface area contributed by atoms with Gasteiger partial charge in [0.2, 0.25) is 0 Å². The lowest BCUT2D eigenvalue weighted by Gasteiger charge is -2.10. The molecule has 0 bridgehead atoms. The molecule has 1 aromatic rings. The molecule has 0 amide bonds. The molecule has 0 spiro atoms. The normalized spacial score (nSPS) is 12.9. The van der Waals surface area contributed by atoms with Crippen molar-refractivity contribution >= 4 is 0 Å². The molecule has 1 aromatic carbocycles. The van der Waals surface area contributed by atoms with Gasteiger partial charge in [0.25, 0.3) is 0 Å². The van der Waals surface area contributed by atoms with Crippen molar-refractivity contribution in [2.75, 3.05) is 0 Å². The maximum Gasteiger partial charge on any atom is -0.0162 e. The van der Waals surface area contributed by atoms with Gasteiger partial charge in [0.05, 0.1) is 0 Å². The van der Waals surface area contributed by atoms with Crippen molar-refractivity contribution in [1.29, 1.82) is 0 Å². The summed E-state index contributed by atoms with van der Waals surface area (Å²) in [7, 11) is 0. The van der Waals surface area contributed by atoms with E-state index in [-0.39, 0.29) is 0 Å². The zero-order chi connectivity index (χ0) is 8.97. The van der Waals surface area contributed by atoms with Gasteiger partial charge in [0, 0.05) is 0 Å². The van der Waals surface area contributed by atoms with Crippen LogP contribution in [-0.4, -0.2) is 0 Å². The van der Waals surface area contributed by atoms with Crippen LogP contribution in [0.4, 0.5) is 0 Å². The zero-order valence-corrected chi connectivity index (χ0v) is 8.01. The molecule has 0 aliphatic carbocycles. The average Bonchev–Trinajstić information content (AvgIpc) is 2.05. The van der Waals surface area contributed by atoms with Gasteiger partial charge in [0.15, 0.2) is 0 Å². The molecule has 0 heteroatoms. The number of aryl methyl sites for hydroxylation is 1. The second kappa shape index (κ2) is 4.30. The molecule has 12 heavy (non-hydrogen) atoms. The predicted octanol–water partition coefficient (Wildman–Crippen LogP) is 3.71. The van der Waals surface area contributed by atoms with Crippen LogP contribution in [0.1, 0.15) is 36.8 Å². The molecule has 0 aliphatic heterocycles. The van der Waals surface area contributed by atoms with Crippen molar-refractivity contribution in [3.8, 4) is 0 Å². The summed E-state index contributed by atoms with van der Waals surface area (Å²) in [6.07, 6.45) is 2.39. The van der Waals surface area contributed by atoms with Crippen LogP contribution in [0.25, 0.3) is 0 Å². The van der Waals surface area contributed by atoms with Crippen molar-refractivity contribution < 1.29 is 0 Å². The summed E-state index contributed by atoms with van der Waals surface area (Å²) in [6.45, 7) is 8.47. The van der Waals surface area contributed by atoms with E-state index in [4.69, 9.17) is 0 Å². The van der Waals surface area contributed by atoms with Crippen LogP contribution < -0.4 is 0 Å². The van der Waals surface area contributed by atoms with Crippen molar-refractivity contribution in [1.82, 2.24) is 0 Å². The second-order valence-electron chi connectivity index (χ2n) is 3.40. The van der Waals surface area contributed by atoms with Crippen LogP contribution in [0.5, 0.6) is 0 Å². The highest BCUT2D eigenvalue weighted by Gasteiger charge is 2.02. The number of hydrogen-bond donors (Lipinski definition) is 0. The first kappa shape index (κ1) is 9.31. The highest BCUT2D eigenvalue weighted by atomic mass is 14.1. The summed E-state index contributed by atoms with van der Waals surface area (Å²) in [6, 6.07) is 8.63. The molecule has 0 N–H and O–H groups in total. The fourth-order valence-corrected chi connectivity index (χ4v) is 1.44. The molecule has 0 fully saturated rings. The maximum atomic E-state index is 4.14. The van der Waals surface area contributed by atoms with Gasteiger partial charge in [0.1, 0.15) is 0 Å².